The Kier molecular flexibility index (Phi) is 6.11. The van der Waals surface area contributed by atoms with Crippen molar-refractivity contribution in [2.75, 3.05) is 27.7 Å². The molecular formula is C22H24FN2O3+. The molecule has 2 N–H and O–H groups in total. The van der Waals surface area contributed by atoms with Crippen molar-refractivity contribution in [2.45, 2.75) is 6.04 Å². The molecule has 2 aromatic carbocycles. The first-order valence-electron chi connectivity index (χ1n) is 9.06. The van der Waals surface area contributed by atoms with Gasteiger partial charge in [-0.05, 0) is 48.5 Å². The summed E-state index contributed by atoms with van der Waals surface area (Å²) in [5, 5.41) is 2.91. The highest BCUT2D eigenvalue weighted by Crippen LogP contribution is 2.24. The highest BCUT2D eigenvalue weighted by molar-refractivity contribution is 5.92. The van der Waals surface area contributed by atoms with Crippen molar-refractivity contribution in [1.82, 2.24) is 5.32 Å². The van der Waals surface area contributed by atoms with Crippen LogP contribution in [-0.4, -0.2) is 33.7 Å². The van der Waals surface area contributed by atoms with Gasteiger partial charge in [-0.1, -0.05) is 12.1 Å². The Labute approximate surface area is 163 Å². The second-order valence-corrected chi connectivity index (χ2v) is 6.76. The zero-order chi connectivity index (χ0) is 20.1. The van der Waals surface area contributed by atoms with Crippen LogP contribution in [0.2, 0.25) is 0 Å². The normalized spacial score (nSPS) is 12.0. The molecule has 6 heteroatoms. The minimum Gasteiger partial charge on any atom is -0.497 e. The Hall–Kier alpha value is -3.12. The molecule has 3 rings (SSSR count). The number of carbonyl (C=O) groups excluding carboxylic acids is 1. The first-order chi connectivity index (χ1) is 13.5. The molecule has 0 radical (unpaired) electrons. The Bertz CT molecular complexity index is 935. The lowest BCUT2D eigenvalue weighted by molar-refractivity contribution is -0.890. The van der Waals surface area contributed by atoms with Gasteiger partial charge in [0, 0.05) is 5.56 Å². The maximum absolute atomic E-state index is 13.9. The van der Waals surface area contributed by atoms with Gasteiger partial charge in [-0.25, -0.2) is 4.39 Å². The Balaban J connectivity index is 1.69. The molecule has 0 aliphatic heterocycles. The molecule has 0 aliphatic rings. The van der Waals surface area contributed by atoms with E-state index < -0.39 is 0 Å². The van der Waals surface area contributed by atoms with Gasteiger partial charge in [-0.3, -0.25) is 4.79 Å². The maximum Gasteiger partial charge on any atom is 0.287 e. The number of hydrogen-bond donors (Lipinski definition) is 2. The summed E-state index contributed by atoms with van der Waals surface area (Å²) in [6.07, 6.45) is 0. The van der Waals surface area contributed by atoms with Crippen LogP contribution in [0, 0.1) is 5.82 Å². The van der Waals surface area contributed by atoms with Crippen molar-refractivity contribution < 1.29 is 23.2 Å². The number of hydrogen-bond acceptors (Lipinski definition) is 3. The molecule has 0 saturated carbocycles. The van der Waals surface area contributed by atoms with Crippen LogP contribution in [0.25, 0.3) is 11.3 Å². The number of carbonyl (C=O) groups is 1. The van der Waals surface area contributed by atoms with Gasteiger partial charge in [0.1, 0.15) is 23.4 Å². The van der Waals surface area contributed by atoms with E-state index in [1.807, 2.05) is 38.4 Å². The lowest BCUT2D eigenvalue weighted by Crippen LogP contribution is -3.07. The highest BCUT2D eigenvalue weighted by atomic mass is 19.1. The van der Waals surface area contributed by atoms with Crippen LogP contribution in [0.1, 0.15) is 22.2 Å². The first-order valence-corrected chi connectivity index (χ1v) is 9.06. The van der Waals surface area contributed by atoms with Gasteiger partial charge in [0.15, 0.2) is 5.76 Å². The number of amides is 1. The minimum absolute atomic E-state index is 0.0656. The fourth-order valence-electron chi connectivity index (χ4n) is 3.04. The molecule has 1 amide bonds. The number of likely N-dealkylation sites (N-methyl/N-ethyl adjacent to an activating group) is 1. The average Bonchev–Trinajstić information content (AvgIpc) is 3.18. The lowest BCUT2D eigenvalue weighted by atomic mass is 10.1. The van der Waals surface area contributed by atoms with Gasteiger partial charge in [0.25, 0.3) is 5.91 Å². The topological polar surface area (TPSA) is 55.9 Å². The molecule has 0 fully saturated rings. The summed E-state index contributed by atoms with van der Waals surface area (Å²) in [6, 6.07) is 17.3. The van der Waals surface area contributed by atoms with Crippen molar-refractivity contribution in [3.63, 3.8) is 0 Å². The molecule has 146 valence electrons. The van der Waals surface area contributed by atoms with E-state index in [0.717, 1.165) is 11.3 Å². The average molecular weight is 383 g/mol. The molecular weight excluding hydrogens is 359 g/mol. The van der Waals surface area contributed by atoms with Crippen molar-refractivity contribution in [3.8, 4) is 17.1 Å². The lowest BCUT2D eigenvalue weighted by Gasteiger charge is -2.22. The second-order valence-electron chi connectivity index (χ2n) is 6.76. The summed E-state index contributed by atoms with van der Waals surface area (Å²) >= 11 is 0. The summed E-state index contributed by atoms with van der Waals surface area (Å²) in [5.74, 6) is 0.548. The monoisotopic (exact) mass is 383 g/mol. The molecule has 0 aliphatic carbocycles. The third kappa shape index (κ3) is 4.40. The fraction of sp³-hybridized carbons (Fsp3) is 0.227. The quantitative estimate of drug-likeness (QED) is 0.660. The van der Waals surface area contributed by atoms with Gasteiger partial charge in [-0.15, -0.1) is 0 Å². The van der Waals surface area contributed by atoms with Crippen molar-refractivity contribution in [3.05, 3.63) is 77.8 Å². The second kappa shape index (κ2) is 8.71. The van der Waals surface area contributed by atoms with Crippen LogP contribution in [0.4, 0.5) is 4.39 Å². The van der Waals surface area contributed by atoms with Crippen LogP contribution >= 0.6 is 0 Å². The number of quaternary nitrogens is 1. The highest BCUT2D eigenvalue weighted by Gasteiger charge is 2.21. The van der Waals surface area contributed by atoms with Crippen LogP contribution in [0.3, 0.4) is 0 Å². The number of nitrogens with one attached hydrogen (secondary N) is 2. The Morgan fingerprint density at radius 1 is 1.11 bits per heavy atom. The number of ether oxygens (including phenoxy) is 1. The van der Waals surface area contributed by atoms with Gasteiger partial charge < -0.3 is 19.4 Å². The maximum atomic E-state index is 13.9. The summed E-state index contributed by atoms with van der Waals surface area (Å²) < 4.78 is 24.7. The molecule has 3 aromatic rings. The predicted molar refractivity (Wildman–Crippen MR) is 105 cm³/mol. The van der Waals surface area contributed by atoms with Crippen molar-refractivity contribution in [1.29, 1.82) is 0 Å². The van der Waals surface area contributed by atoms with Crippen molar-refractivity contribution >= 4 is 5.91 Å². The van der Waals surface area contributed by atoms with Crippen LogP contribution in [0.15, 0.2) is 65.1 Å². The number of rotatable bonds is 7. The number of methoxy groups -OCH3 is 1. The van der Waals surface area contributed by atoms with Gasteiger partial charge >= 0.3 is 0 Å². The summed E-state index contributed by atoms with van der Waals surface area (Å²) in [5.41, 5.74) is 1.42. The molecule has 28 heavy (non-hydrogen) atoms. The number of benzene rings is 2. The molecule has 0 bridgehead atoms. The zero-order valence-electron chi connectivity index (χ0n) is 16.2. The van der Waals surface area contributed by atoms with Gasteiger partial charge in [-0.2, -0.15) is 0 Å². The van der Waals surface area contributed by atoms with E-state index in [2.05, 4.69) is 5.32 Å². The summed E-state index contributed by atoms with van der Waals surface area (Å²) in [6.45, 7) is 0.434. The Morgan fingerprint density at radius 2 is 1.82 bits per heavy atom. The SMILES string of the molecule is COc1ccc([C@H](CNC(=O)c2ccc(-c3ccccc3F)o2)[NH+](C)C)cc1. The molecule has 0 saturated heterocycles. The third-order valence-electron chi connectivity index (χ3n) is 4.65. The standard InChI is InChI=1S/C22H23FN2O3/c1-25(2)19(15-8-10-16(27-3)11-9-15)14-24-22(26)21-13-12-20(28-21)17-6-4-5-7-18(17)23/h4-13,19H,14H2,1-3H3,(H,24,26)/p+1/t19-/m0/s1. The van der Waals surface area contributed by atoms with E-state index in [9.17, 15) is 9.18 Å². The van der Waals surface area contributed by atoms with E-state index in [1.165, 1.54) is 11.0 Å². The van der Waals surface area contributed by atoms with E-state index >= 15 is 0 Å². The molecule has 5 nitrogen and oxygen atoms in total. The fourth-order valence-corrected chi connectivity index (χ4v) is 3.04. The predicted octanol–water partition coefficient (Wildman–Crippen LogP) is 2.71. The minimum atomic E-state index is -0.389. The molecule has 1 heterocycles. The van der Waals surface area contributed by atoms with E-state index in [1.54, 1.807) is 37.4 Å². The van der Waals surface area contributed by atoms with E-state index in [-0.39, 0.29) is 23.5 Å². The molecule has 1 atom stereocenters. The van der Waals surface area contributed by atoms with Crippen LogP contribution < -0.4 is 15.0 Å². The molecule has 1 aromatic heterocycles. The molecule has 0 spiro atoms. The van der Waals surface area contributed by atoms with E-state index in [0.29, 0.717) is 17.9 Å². The zero-order valence-corrected chi connectivity index (χ0v) is 16.2. The smallest absolute Gasteiger partial charge is 0.287 e. The summed E-state index contributed by atoms with van der Waals surface area (Å²) in [7, 11) is 5.69. The van der Waals surface area contributed by atoms with Gasteiger partial charge in [0.2, 0.25) is 0 Å². The largest absolute Gasteiger partial charge is 0.497 e. The van der Waals surface area contributed by atoms with Crippen LogP contribution in [-0.2, 0) is 0 Å². The first kappa shape index (κ1) is 19.6. The Morgan fingerprint density at radius 3 is 2.46 bits per heavy atom. The van der Waals surface area contributed by atoms with E-state index in [4.69, 9.17) is 9.15 Å². The molecule has 0 unspecified atom stereocenters. The number of halogens is 1. The third-order valence-corrected chi connectivity index (χ3v) is 4.65. The van der Waals surface area contributed by atoms with Gasteiger partial charge in [0.05, 0.1) is 33.3 Å². The summed E-state index contributed by atoms with van der Waals surface area (Å²) in [4.78, 5) is 13.7. The van der Waals surface area contributed by atoms with Crippen LogP contribution in [0.5, 0.6) is 5.75 Å². The number of furan rings is 1. The van der Waals surface area contributed by atoms with Crippen molar-refractivity contribution in [2.24, 2.45) is 0 Å².